The van der Waals surface area contributed by atoms with E-state index < -0.39 is 6.72 Å². The van der Waals surface area contributed by atoms with Gasteiger partial charge in [-0.3, -0.25) is 0 Å². The predicted molar refractivity (Wildman–Crippen MR) is 62.5 cm³/mol. The summed E-state index contributed by atoms with van der Waals surface area (Å²) in [6.07, 6.45) is 0. The summed E-state index contributed by atoms with van der Waals surface area (Å²) >= 11 is 4.54. The molecule has 1 aromatic carbocycles. The smallest absolute Gasteiger partial charge is 0.352 e. The molecule has 0 fully saturated rings. The van der Waals surface area contributed by atoms with E-state index in [4.69, 9.17) is 9.63 Å². The van der Waals surface area contributed by atoms with Crippen LogP contribution in [-0.2, 0) is 25.9 Å². The molecular weight excluding hydrogens is 251 g/mol. The summed E-state index contributed by atoms with van der Waals surface area (Å²) in [5.74, 6) is 0.737. The van der Waals surface area contributed by atoms with E-state index in [1.807, 2.05) is 30.3 Å². The molecule has 0 aliphatic carbocycles. The van der Waals surface area contributed by atoms with Crippen LogP contribution < -0.4 is 4.74 Å². The Kier molecular flexibility index (Phi) is 5.90. The highest BCUT2D eigenvalue weighted by atomic mass is 32.5. The van der Waals surface area contributed by atoms with Gasteiger partial charge in [-0.1, -0.05) is 18.2 Å². The van der Waals surface area contributed by atoms with Gasteiger partial charge in [-0.2, -0.15) is 0 Å². The molecule has 1 aromatic rings. The van der Waals surface area contributed by atoms with E-state index in [2.05, 4.69) is 25.9 Å². The lowest BCUT2D eigenvalue weighted by molar-refractivity contribution is -0.219. The van der Waals surface area contributed by atoms with Crippen molar-refractivity contribution in [3.63, 3.8) is 0 Å². The average Bonchev–Trinajstić information content (AvgIpc) is 2.30. The van der Waals surface area contributed by atoms with Crippen molar-refractivity contribution >= 4 is 18.5 Å². The molecule has 0 saturated carbocycles. The minimum Gasteiger partial charge on any atom is -0.491 e. The topological polar surface area (TPSA) is 57.2 Å². The van der Waals surface area contributed by atoms with Crippen molar-refractivity contribution in [3.05, 3.63) is 30.3 Å². The van der Waals surface area contributed by atoms with Crippen molar-refractivity contribution in [1.82, 2.24) is 0 Å². The predicted octanol–water partition coefficient (Wildman–Crippen LogP) is 1.88. The summed E-state index contributed by atoms with van der Waals surface area (Å²) in [6, 6.07) is 9.28. The van der Waals surface area contributed by atoms with Crippen LogP contribution in [0.3, 0.4) is 0 Å². The second-order valence-electron chi connectivity index (χ2n) is 2.71. The first kappa shape index (κ1) is 13.6. The van der Waals surface area contributed by atoms with Gasteiger partial charge in [-0.15, -0.1) is 4.67 Å². The Balaban J connectivity index is 2.11. The Bertz CT molecular complexity index is 345. The van der Waals surface area contributed by atoms with E-state index in [9.17, 15) is 0 Å². The third-order valence-corrected chi connectivity index (χ3v) is 2.94. The monoisotopic (exact) mass is 264 g/mol. The number of rotatable bonds is 7. The molecular formula is C9H13O5PS. The van der Waals surface area contributed by atoms with Crippen LogP contribution in [0.5, 0.6) is 5.75 Å². The molecule has 0 aromatic heterocycles. The standard InChI is InChI=1S/C9H13O5PS/c1-11-15(10,16)14-13-8-7-12-9-5-3-2-4-6-9/h2-6H,7-8H2,1H3,(H,10,16). The Morgan fingerprint density at radius 3 is 2.56 bits per heavy atom. The SMILES string of the molecule is COP(O)(=S)OOCCOc1ccccc1. The van der Waals surface area contributed by atoms with Crippen LogP contribution in [0.25, 0.3) is 0 Å². The van der Waals surface area contributed by atoms with E-state index in [1.54, 1.807) is 0 Å². The van der Waals surface area contributed by atoms with Crippen LogP contribution in [0.15, 0.2) is 30.3 Å². The molecule has 5 nitrogen and oxygen atoms in total. The van der Waals surface area contributed by atoms with E-state index in [0.717, 1.165) is 5.75 Å². The maximum absolute atomic E-state index is 9.16. The second kappa shape index (κ2) is 6.96. The highest BCUT2D eigenvalue weighted by Crippen LogP contribution is 2.42. The Morgan fingerprint density at radius 1 is 1.25 bits per heavy atom. The zero-order valence-corrected chi connectivity index (χ0v) is 10.4. The van der Waals surface area contributed by atoms with E-state index >= 15 is 0 Å². The summed E-state index contributed by atoms with van der Waals surface area (Å²) in [4.78, 5) is 13.8. The van der Waals surface area contributed by atoms with E-state index in [1.165, 1.54) is 7.11 Å². The van der Waals surface area contributed by atoms with Crippen molar-refractivity contribution in [2.45, 2.75) is 0 Å². The highest BCUT2D eigenvalue weighted by molar-refractivity contribution is 8.07. The first-order valence-corrected chi connectivity index (χ1v) is 7.11. The third kappa shape index (κ3) is 5.55. The molecule has 0 heterocycles. The zero-order valence-electron chi connectivity index (χ0n) is 8.74. The largest absolute Gasteiger partial charge is 0.491 e. The summed E-state index contributed by atoms with van der Waals surface area (Å²) in [5.41, 5.74) is 0. The van der Waals surface area contributed by atoms with Crippen LogP contribution in [0, 0.1) is 0 Å². The molecule has 0 radical (unpaired) electrons. The quantitative estimate of drug-likeness (QED) is 0.351. The van der Waals surface area contributed by atoms with Gasteiger partial charge in [0.05, 0.1) is 0 Å². The molecule has 0 saturated heterocycles. The molecule has 0 aliphatic heterocycles. The Labute approximate surface area is 99.1 Å². The molecule has 16 heavy (non-hydrogen) atoms. The van der Waals surface area contributed by atoms with Gasteiger partial charge in [0, 0.05) is 7.11 Å². The highest BCUT2D eigenvalue weighted by Gasteiger charge is 2.13. The molecule has 0 bridgehead atoms. The number of benzene rings is 1. The van der Waals surface area contributed by atoms with Crippen molar-refractivity contribution in [2.75, 3.05) is 20.3 Å². The number of hydrogen-bond donors (Lipinski definition) is 1. The van der Waals surface area contributed by atoms with Gasteiger partial charge in [0.2, 0.25) is 0 Å². The zero-order chi connectivity index (χ0) is 11.9. The molecule has 1 N–H and O–H groups in total. The van der Waals surface area contributed by atoms with E-state index in [0.29, 0.717) is 6.61 Å². The Hall–Kier alpha value is -0.490. The number of para-hydroxylation sites is 1. The average molecular weight is 264 g/mol. The summed E-state index contributed by atoms with van der Waals surface area (Å²) in [5, 5.41) is 0. The third-order valence-electron chi connectivity index (χ3n) is 1.56. The summed E-state index contributed by atoms with van der Waals surface area (Å²) in [7, 11) is 1.25. The van der Waals surface area contributed by atoms with Crippen LogP contribution in [0.4, 0.5) is 0 Å². The summed E-state index contributed by atoms with van der Waals surface area (Å²) < 4.78 is 14.3. The maximum atomic E-state index is 9.16. The molecule has 1 unspecified atom stereocenters. The lowest BCUT2D eigenvalue weighted by Gasteiger charge is -2.11. The molecule has 1 atom stereocenters. The molecule has 1 rings (SSSR count). The van der Waals surface area contributed by atoms with Gasteiger partial charge < -0.3 is 14.2 Å². The van der Waals surface area contributed by atoms with Gasteiger partial charge in [0.1, 0.15) is 19.0 Å². The lowest BCUT2D eigenvalue weighted by Crippen LogP contribution is -2.06. The lowest BCUT2D eigenvalue weighted by atomic mass is 10.3. The van der Waals surface area contributed by atoms with Gasteiger partial charge in [-0.25, -0.2) is 4.89 Å². The first-order valence-electron chi connectivity index (χ1n) is 4.51. The molecule has 90 valence electrons. The van der Waals surface area contributed by atoms with Crippen LogP contribution in [-0.4, -0.2) is 25.2 Å². The molecule has 0 aliphatic rings. The van der Waals surface area contributed by atoms with Crippen LogP contribution in [0.1, 0.15) is 0 Å². The van der Waals surface area contributed by atoms with Crippen molar-refractivity contribution < 1.29 is 23.7 Å². The van der Waals surface area contributed by atoms with Gasteiger partial charge in [0.15, 0.2) is 0 Å². The van der Waals surface area contributed by atoms with Crippen molar-refractivity contribution in [3.8, 4) is 5.75 Å². The minimum absolute atomic E-state index is 0.150. The van der Waals surface area contributed by atoms with Gasteiger partial charge in [-0.05, 0) is 23.9 Å². The minimum atomic E-state index is -3.23. The number of hydrogen-bond acceptors (Lipinski definition) is 5. The van der Waals surface area contributed by atoms with Gasteiger partial charge >= 0.3 is 6.72 Å². The first-order chi connectivity index (χ1) is 7.64. The fraction of sp³-hybridized carbons (Fsp3) is 0.333. The molecule has 0 amide bonds. The van der Waals surface area contributed by atoms with E-state index in [-0.39, 0.29) is 6.61 Å². The summed E-state index contributed by atoms with van der Waals surface area (Å²) in [6.45, 7) is -2.79. The van der Waals surface area contributed by atoms with Crippen molar-refractivity contribution in [1.29, 1.82) is 0 Å². The van der Waals surface area contributed by atoms with Crippen molar-refractivity contribution in [2.24, 2.45) is 0 Å². The van der Waals surface area contributed by atoms with Crippen LogP contribution in [0.2, 0.25) is 0 Å². The fourth-order valence-electron chi connectivity index (χ4n) is 0.845. The normalized spacial score (nSPS) is 14.4. The number of ether oxygens (including phenoxy) is 1. The molecule has 7 heteroatoms. The molecule has 0 spiro atoms. The second-order valence-corrected chi connectivity index (χ2v) is 5.54. The maximum Gasteiger partial charge on any atom is 0.352 e. The van der Waals surface area contributed by atoms with Gasteiger partial charge in [0.25, 0.3) is 0 Å². The van der Waals surface area contributed by atoms with Crippen LogP contribution >= 0.6 is 6.72 Å². The Morgan fingerprint density at radius 2 is 1.94 bits per heavy atom. The fourth-order valence-corrected chi connectivity index (χ4v) is 1.24.